The van der Waals surface area contributed by atoms with Crippen LogP contribution in [0.15, 0.2) is 36.8 Å². The predicted octanol–water partition coefficient (Wildman–Crippen LogP) is 3.41. The lowest BCUT2D eigenvalue weighted by Crippen LogP contribution is -2.28. The fourth-order valence-electron chi connectivity index (χ4n) is 1.28. The number of rotatable bonds is 2. The van der Waals surface area contributed by atoms with Gasteiger partial charge in [0, 0.05) is 10.6 Å². The van der Waals surface area contributed by atoms with Crippen LogP contribution in [0.1, 0.15) is 5.56 Å². The van der Waals surface area contributed by atoms with Crippen molar-refractivity contribution in [3.8, 4) is 0 Å². The molecule has 2 nitrogen and oxygen atoms in total. The Hall–Kier alpha value is -0.670. The summed E-state index contributed by atoms with van der Waals surface area (Å²) in [5.74, 6) is -0.732. The van der Waals surface area contributed by atoms with Crippen LogP contribution >= 0.6 is 27.5 Å². The van der Waals surface area contributed by atoms with Crippen LogP contribution in [0.3, 0.4) is 0 Å². The van der Waals surface area contributed by atoms with E-state index in [2.05, 4.69) is 15.9 Å². The minimum Gasteiger partial charge on any atom is -0.452 e. The van der Waals surface area contributed by atoms with Crippen LogP contribution in [0.2, 0.25) is 5.02 Å². The number of hydrogen-bond donors (Lipinski definition) is 0. The molecule has 74 valence electrons. The summed E-state index contributed by atoms with van der Waals surface area (Å²) in [7, 11) is 0. The fraction of sp³-hybridized carbons (Fsp3) is 0.200. The van der Waals surface area contributed by atoms with Gasteiger partial charge >= 0.3 is 0 Å². The van der Waals surface area contributed by atoms with Gasteiger partial charge in [-0.3, -0.25) is 0 Å². The Balaban J connectivity index is 2.32. The Morgan fingerprint density at radius 3 is 2.21 bits per heavy atom. The van der Waals surface area contributed by atoms with E-state index in [4.69, 9.17) is 21.1 Å². The number of halogens is 2. The third kappa shape index (κ3) is 1.62. The number of hydrogen-bond acceptors (Lipinski definition) is 2. The average Bonchev–Trinajstić information content (AvgIpc) is 2.68. The Morgan fingerprint density at radius 1 is 1.14 bits per heavy atom. The monoisotopic (exact) mass is 274 g/mol. The normalized spacial score (nSPS) is 17.6. The van der Waals surface area contributed by atoms with Crippen molar-refractivity contribution in [3.05, 3.63) is 47.4 Å². The molecular weight excluding hydrogens is 267 g/mol. The van der Waals surface area contributed by atoms with Crippen LogP contribution in [-0.4, -0.2) is 5.33 Å². The molecule has 0 radical (unpaired) electrons. The molecule has 1 aliphatic heterocycles. The van der Waals surface area contributed by atoms with E-state index in [1.54, 1.807) is 0 Å². The molecule has 0 aromatic heterocycles. The van der Waals surface area contributed by atoms with Gasteiger partial charge in [-0.2, -0.15) is 0 Å². The van der Waals surface area contributed by atoms with Gasteiger partial charge in [0.25, 0.3) is 5.79 Å². The van der Waals surface area contributed by atoms with E-state index in [9.17, 15) is 0 Å². The van der Waals surface area contributed by atoms with E-state index < -0.39 is 5.79 Å². The molecule has 0 bridgehead atoms. The second-order valence-electron chi connectivity index (χ2n) is 2.90. The maximum absolute atomic E-state index is 5.80. The molecule has 14 heavy (non-hydrogen) atoms. The summed E-state index contributed by atoms with van der Waals surface area (Å²) >= 11 is 9.16. The van der Waals surface area contributed by atoms with Gasteiger partial charge in [0.05, 0.1) is 5.33 Å². The topological polar surface area (TPSA) is 18.5 Å². The lowest BCUT2D eigenvalue weighted by Gasteiger charge is -2.25. The first-order valence-corrected chi connectivity index (χ1v) is 5.59. The molecule has 0 atom stereocenters. The Morgan fingerprint density at radius 2 is 1.71 bits per heavy atom. The smallest absolute Gasteiger partial charge is 0.286 e. The quantitative estimate of drug-likeness (QED) is 0.770. The van der Waals surface area contributed by atoms with Crippen molar-refractivity contribution in [1.82, 2.24) is 0 Å². The third-order valence-corrected chi connectivity index (χ3v) is 3.02. The lowest BCUT2D eigenvalue weighted by molar-refractivity contribution is -0.127. The maximum Gasteiger partial charge on any atom is 0.286 e. The van der Waals surface area contributed by atoms with E-state index in [1.807, 2.05) is 24.3 Å². The summed E-state index contributed by atoms with van der Waals surface area (Å²) < 4.78 is 10.8. The van der Waals surface area contributed by atoms with Crippen LogP contribution in [0, 0.1) is 0 Å². The second kappa shape index (κ2) is 3.83. The van der Waals surface area contributed by atoms with E-state index in [0.29, 0.717) is 10.4 Å². The minimum atomic E-state index is -0.732. The lowest BCUT2D eigenvalue weighted by atomic mass is 10.1. The van der Waals surface area contributed by atoms with Crippen LogP contribution in [-0.2, 0) is 15.3 Å². The summed E-state index contributed by atoms with van der Waals surface area (Å²) in [5.41, 5.74) is 0.934. The third-order valence-electron chi connectivity index (χ3n) is 2.03. The highest BCUT2D eigenvalue weighted by Gasteiger charge is 2.36. The fourth-order valence-corrected chi connectivity index (χ4v) is 2.00. The van der Waals surface area contributed by atoms with Crippen molar-refractivity contribution >= 4 is 27.5 Å². The van der Waals surface area contributed by atoms with Gasteiger partial charge in [-0.25, -0.2) is 0 Å². The molecule has 0 amide bonds. The van der Waals surface area contributed by atoms with Crippen molar-refractivity contribution in [2.75, 3.05) is 5.33 Å². The molecule has 1 aromatic rings. The Kier molecular flexibility index (Phi) is 2.70. The molecule has 0 saturated heterocycles. The molecule has 1 heterocycles. The second-order valence-corrected chi connectivity index (χ2v) is 3.90. The largest absolute Gasteiger partial charge is 0.452 e. The van der Waals surface area contributed by atoms with E-state index in [0.717, 1.165) is 5.56 Å². The molecule has 0 fully saturated rings. The average molecular weight is 276 g/mol. The predicted molar refractivity (Wildman–Crippen MR) is 58.2 cm³/mol. The van der Waals surface area contributed by atoms with Gasteiger partial charge in [-0.05, 0) is 24.3 Å². The van der Waals surface area contributed by atoms with Gasteiger partial charge in [0.2, 0.25) is 0 Å². The zero-order valence-electron chi connectivity index (χ0n) is 7.24. The molecule has 4 heteroatoms. The number of benzene rings is 1. The Labute approximate surface area is 95.6 Å². The standard InChI is InChI=1S/C10H8BrClO2/c11-7-10(13-5-6-14-10)8-1-3-9(12)4-2-8/h1-6H,7H2. The van der Waals surface area contributed by atoms with Crippen LogP contribution < -0.4 is 0 Å². The zero-order valence-corrected chi connectivity index (χ0v) is 9.59. The summed E-state index contributed by atoms with van der Waals surface area (Å²) in [5, 5.41) is 1.26. The summed E-state index contributed by atoms with van der Waals surface area (Å²) in [6.45, 7) is 0. The molecule has 0 unspecified atom stereocenters. The molecule has 0 N–H and O–H groups in total. The summed E-state index contributed by atoms with van der Waals surface area (Å²) in [6.07, 6.45) is 3.08. The first-order valence-electron chi connectivity index (χ1n) is 4.09. The van der Waals surface area contributed by atoms with E-state index >= 15 is 0 Å². The van der Waals surface area contributed by atoms with Crippen molar-refractivity contribution in [1.29, 1.82) is 0 Å². The van der Waals surface area contributed by atoms with Gasteiger partial charge < -0.3 is 9.47 Å². The number of alkyl halides is 1. The van der Waals surface area contributed by atoms with E-state index in [1.165, 1.54) is 12.5 Å². The van der Waals surface area contributed by atoms with Crippen molar-refractivity contribution in [2.24, 2.45) is 0 Å². The number of ether oxygens (including phenoxy) is 2. The zero-order chi connectivity index (χ0) is 10.0. The minimum absolute atomic E-state index is 0.564. The summed E-state index contributed by atoms with van der Waals surface area (Å²) in [6, 6.07) is 7.39. The molecular formula is C10H8BrClO2. The van der Waals surface area contributed by atoms with Crippen molar-refractivity contribution in [3.63, 3.8) is 0 Å². The van der Waals surface area contributed by atoms with E-state index in [-0.39, 0.29) is 0 Å². The Bertz CT molecular complexity index is 340. The molecule has 1 aliphatic rings. The van der Waals surface area contributed by atoms with Crippen LogP contribution in [0.5, 0.6) is 0 Å². The van der Waals surface area contributed by atoms with Crippen LogP contribution in [0.4, 0.5) is 0 Å². The van der Waals surface area contributed by atoms with Gasteiger partial charge in [0.15, 0.2) is 0 Å². The first kappa shape index (κ1) is 9.87. The highest BCUT2D eigenvalue weighted by Crippen LogP contribution is 2.34. The molecule has 0 aliphatic carbocycles. The van der Waals surface area contributed by atoms with Crippen LogP contribution in [0.25, 0.3) is 0 Å². The van der Waals surface area contributed by atoms with Gasteiger partial charge in [0.1, 0.15) is 12.5 Å². The SMILES string of the molecule is Clc1ccc(C2(CBr)OC=CO2)cc1. The molecule has 2 rings (SSSR count). The van der Waals surface area contributed by atoms with Crippen molar-refractivity contribution in [2.45, 2.75) is 5.79 Å². The maximum atomic E-state index is 5.80. The highest BCUT2D eigenvalue weighted by molar-refractivity contribution is 9.09. The van der Waals surface area contributed by atoms with Crippen molar-refractivity contribution < 1.29 is 9.47 Å². The van der Waals surface area contributed by atoms with Gasteiger partial charge in [-0.1, -0.05) is 27.5 Å². The first-order chi connectivity index (χ1) is 6.77. The molecule has 1 aromatic carbocycles. The molecule has 0 spiro atoms. The van der Waals surface area contributed by atoms with Gasteiger partial charge in [-0.15, -0.1) is 0 Å². The molecule has 0 saturated carbocycles. The summed E-state index contributed by atoms with van der Waals surface area (Å²) in [4.78, 5) is 0. The highest BCUT2D eigenvalue weighted by atomic mass is 79.9.